The second-order valence-corrected chi connectivity index (χ2v) is 5.02. The highest BCUT2D eigenvalue weighted by molar-refractivity contribution is 5.31. The van der Waals surface area contributed by atoms with Crippen LogP contribution in [0.4, 0.5) is 0 Å². The number of nitrogens with two attached hydrogens (primary N) is 1. The first kappa shape index (κ1) is 13.6. The van der Waals surface area contributed by atoms with E-state index in [0.29, 0.717) is 6.61 Å². The zero-order valence-electron chi connectivity index (χ0n) is 11.6. The fourth-order valence-corrected chi connectivity index (χ4v) is 2.08. The minimum atomic E-state index is 0.0145. The highest BCUT2D eigenvalue weighted by atomic mass is 16.5. The molecule has 0 aromatic heterocycles. The molecule has 2 heteroatoms. The predicted octanol–water partition coefficient (Wildman–Crippen LogP) is 3.25. The molecule has 100 valence electrons. The lowest BCUT2D eigenvalue weighted by Crippen LogP contribution is -2.30. The first-order valence-corrected chi connectivity index (χ1v) is 6.64. The van der Waals surface area contributed by atoms with E-state index in [1.54, 1.807) is 0 Å². The topological polar surface area (TPSA) is 35.2 Å². The summed E-state index contributed by atoms with van der Waals surface area (Å²) in [5.41, 5.74) is 10.0. The van der Waals surface area contributed by atoms with Crippen molar-refractivity contribution in [3.63, 3.8) is 0 Å². The van der Waals surface area contributed by atoms with E-state index in [4.69, 9.17) is 10.5 Å². The monoisotopic (exact) mass is 255 g/mol. The van der Waals surface area contributed by atoms with Gasteiger partial charge in [0, 0.05) is 6.04 Å². The van der Waals surface area contributed by atoms with E-state index in [9.17, 15) is 0 Å². The van der Waals surface area contributed by atoms with Crippen LogP contribution in [-0.2, 0) is 6.42 Å². The van der Waals surface area contributed by atoms with Crippen LogP contribution in [0, 0.1) is 13.8 Å². The Labute approximate surface area is 115 Å². The molecule has 1 atom stereocenters. The molecule has 0 bridgehead atoms. The van der Waals surface area contributed by atoms with E-state index < -0.39 is 0 Å². The van der Waals surface area contributed by atoms with Crippen LogP contribution >= 0.6 is 0 Å². The molecule has 0 amide bonds. The van der Waals surface area contributed by atoms with Crippen LogP contribution in [0.5, 0.6) is 5.75 Å². The highest BCUT2D eigenvalue weighted by Crippen LogP contribution is 2.13. The Hall–Kier alpha value is -1.80. The van der Waals surface area contributed by atoms with Crippen LogP contribution in [0.3, 0.4) is 0 Å². The van der Waals surface area contributed by atoms with Crippen molar-refractivity contribution in [2.75, 3.05) is 6.61 Å². The van der Waals surface area contributed by atoms with Gasteiger partial charge in [-0.3, -0.25) is 0 Å². The third-order valence-electron chi connectivity index (χ3n) is 3.19. The lowest BCUT2D eigenvalue weighted by Gasteiger charge is -2.15. The fraction of sp³-hybridized carbons (Fsp3) is 0.294. The number of benzene rings is 2. The zero-order valence-corrected chi connectivity index (χ0v) is 11.6. The standard InChI is InChI=1S/C17H21NO/c1-13-8-9-14(2)15(10-13)11-16(18)12-19-17-6-4-3-5-7-17/h3-10,16H,11-12,18H2,1-2H3. The second kappa shape index (κ2) is 6.39. The van der Waals surface area contributed by atoms with E-state index >= 15 is 0 Å². The van der Waals surface area contributed by atoms with Crippen LogP contribution < -0.4 is 10.5 Å². The Morgan fingerprint density at radius 1 is 1.05 bits per heavy atom. The van der Waals surface area contributed by atoms with Crippen LogP contribution in [0.25, 0.3) is 0 Å². The molecule has 0 fully saturated rings. The number of hydrogen-bond acceptors (Lipinski definition) is 2. The van der Waals surface area contributed by atoms with Gasteiger partial charge in [-0.15, -0.1) is 0 Å². The summed E-state index contributed by atoms with van der Waals surface area (Å²) in [6.45, 7) is 4.77. The molecule has 19 heavy (non-hydrogen) atoms. The summed E-state index contributed by atoms with van der Waals surface area (Å²) >= 11 is 0. The number of ether oxygens (including phenoxy) is 1. The predicted molar refractivity (Wildman–Crippen MR) is 79.5 cm³/mol. The third-order valence-corrected chi connectivity index (χ3v) is 3.19. The summed E-state index contributed by atoms with van der Waals surface area (Å²) in [6, 6.07) is 16.3. The Morgan fingerprint density at radius 3 is 2.53 bits per heavy atom. The molecule has 2 N–H and O–H groups in total. The average molecular weight is 255 g/mol. The summed E-state index contributed by atoms with van der Waals surface area (Å²) in [6.07, 6.45) is 0.848. The van der Waals surface area contributed by atoms with Gasteiger partial charge in [0.05, 0.1) is 0 Å². The SMILES string of the molecule is Cc1ccc(C)c(CC(N)COc2ccccc2)c1. The maximum atomic E-state index is 6.15. The summed E-state index contributed by atoms with van der Waals surface area (Å²) in [4.78, 5) is 0. The molecule has 0 radical (unpaired) electrons. The Balaban J connectivity index is 1.90. The maximum Gasteiger partial charge on any atom is 0.119 e. The molecule has 1 unspecified atom stereocenters. The van der Waals surface area contributed by atoms with E-state index in [0.717, 1.165) is 12.2 Å². The smallest absolute Gasteiger partial charge is 0.119 e. The van der Waals surface area contributed by atoms with Crippen LogP contribution in [0.1, 0.15) is 16.7 Å². The van der Waals surface area contributed by atoms with Gasteiger partial charge in [-0.2, -0.15) is 0 Å². The number of rotatable bonds is 5. The quantitative estimate of drug-likeness (QED) is 0.890. The van der Waals surface area contributed by atoms with Gasteiger partial charge in [-0.25, -0.2) is 0 Å². The normalized spacial score (nSPS) is 12.2. The van der Waals surface area contributed by atoms with E-state index in [1.807, 2.05) is 30.3 Å². The van der Waals surface area contributed by atoms with Gasteiger partial charge in [-0.05, 0) is 43.5 Å². The molecule has 2 aromatic rings. The second-order valence-electron chi connectivity index (χ2n) is 5.02. The fourth-order valence-electron chi connectivity index (χ4n) is 2.08. The molecule has 0 heterocycles. The minimum Gasteiger partial charge on any atom is -0.492 e. The summed E-state index contributed by atoms with van der Waals surface area (Å²) in [5.74, 6) is 0.874. The van der Waals surface area contributed by atoms with E-state index in [2.05, 4.69) is 32.0 Å². The van der Waals surface area contributed by atoms with E-state index in [-0.39, 0.29) is 6.04 Å². The van der Waals surface area contributed by atoms with Crippen LogP contribution in [0.2, 0.25) is 0 Å². The molecule has 0 aliphatic carbocycles. The third kappa shape index (κ3) is 4.11. The summed E-state index contributed by atoms with van der Waals surface area (Å²) < 4.78 is 5.69. The lowest BCUT2D eigenvalue weighted by atomic mass is 10.00. The molecular formula is C17H21NO. The van der Waals surface area contributed by atoms with Gasteiger partial charge in [0.15, 0.2) is 0 Å². The Morgan fingerprint density at radius 2 is 1.79 bits per heavy atom. The number of aryl methyl sites for hydroxylation is 2. The highest BCUT2D eigenvalue weighted by Gasteiger charge is 2.07. The first-order chi connectivity index (χ1) is 9.15. The van der Waals surface area contributed by atoms with Crippen LogP contribution in [-0.4, -0.2) is 12.6 Å². The van der Waals surface area contributed by atoms with E-state index in [1.165, 1.54) is 16.7 Å². The van der Waals surface area contributed by atoms with Crippen molar-refractivity contribution in [1.82, 2.24) is 0 Å². The number of hydrogen-bond donors (Lipinski definition) is 1. The van der Waals surface area contributed by atoms with Crippen molar-refractivity contribution in [2.45, 2.75) is 26.3 Å². The van der Waals surface area contributed by atoms with Gasteiger partial charge in [0.2, 0.25) is 0 Å². The largest absolute Gasteiger partial charge is 0.492 e. The van der Waals surface area contributed by atoms with Gasteiger partial charge in [0.25, 0.3) is 0 Å². The Bertz CT molecular complexity index is 522. The van der Waals surface area contributed by atoms with Crippen molar-refractivity contribution >= 4 is 0 Å². The molecule has 2 nitrogen and oxygen atoms in total. The lowest BCUT2D eigenvalue weighted by molar-refractivity contribution is 0.287. The van der Waals surface area contributed by atoms with Gasteiger partial charge >= 0.3 is 0 Å². The van der Waals surface area contributed by atoms with Crippen LogP contribution in [0.15, 0.2) is 48.5 Å². The molecule has 2 rings (SSSR count). The van der Waals surface area contributed by atoms with Crippen molar-refractivity contribution in [3.05, 3.63) is 65.2 Å². The zero-order chi connectivity index (χ0) is 13.7. The van der Waals surface area contributed by atoms with Gasteiger partial charge in [0.1, 0.15) is 12.4 Å². The summed E-state index contributed by atoms with van der Waals surface area (Å²) in [7, 11) is 0. The first-order valence-electron chi connectivity index (χ1n) is 6.64. The molecule has 2 aromatic carbocycles. The minimum absolute atomic E-state index is 0.0145. The maximum absolute atomic E-state index is 6.15. The Kier molecular flexibility index (Phi) is 4.58. The van der Waals surface area contributed by atoms with Crippen molar-refractivity contribution in [3.8, 4) is 5.75 Å². The van der Waals surface area contributed by atoms with Crippen molar-refractivity contribution in [1.29, 1.82) is 0 Å². The molecule has 0 saturated heterocycles. The van der Waals surface area contributed by atoms with Crippen molar-refractivity contribution < 1.29 is 4.74 Å². The van der Waals surface area contributed by atoms with Crippen molar-refractivity contribution in [2.24, 2.45) is 5.73 Å². The average Bonchev–Trinajstić information content (AvgIpc) is 2.42. The molecular weight excluding hydrogens is 234 g/mol. The molecule has 0 saturated carbocycles. The van der Waals surface area contributed by atoms with Gasteiger partial charge in [-0.1, -0.05) is 42.0 Å². The summed E-state index contributed by atoms with van der Waals surface area (Å²) in [5, 5.41) is 0. The number of para-hydroxylation sites is 1. The molecule has 0 spiro atoms. The molecule has 0 aliphatic rings. The van der Waals surface area contributed by atoms with Gasteiger partial charge < -0.3 is 10.5 Å². The molecule has 0 aliphatic heterocycles.